The molecule has 2 aromatic heterocycles. The summed E-state index contributed by atoms with van der Waals surface area (Å²) in [4.78, 5) is 24.1. The van der Waals surface area contributed by atoms with Crippen LogP contribution in [-0.4, -0.2) is 21.9 Å². The second-order valence-electron chi connectivity index (χ2n) is 4.60. The first-order valence-corrected chi connectivity index (χ1v) is 8.15. The molecular formula is C15H10BrN3O3S. The van der Waals surface area contributed by atoms with Gasteiger partial charge in [-0.05, 0) is 47.1 Å². The largest absolute Gasteiger partial charge is 0.402 e. The molecule has 2 heterocycles. The molecule has 0 unspecified atom stereocenters. The van der Waals surface area contributed by atoms with Crippen LogP contribution < -0.4 is 5.32 Å². The quantitative estimate of drug-likeness (QED) is 0.678. The lowest BCUT2D eigenvalue weighted by Gasteiger charge is -2.01. The average molecular weight is 392 g/mol. The minimum atomic E-state index is -0.386. The molecule has 0 saturated heterocycles. The van der Waals surface area contributed by atoms with Crippen molar-refractivity contribution in [2.75, 3.05) is 5.32 Å². The van der Waals surface area contributed by atoms with Crippen LogP contribution in [0, 0.1) is 0 Å². The first-order chi connectivity index (χ1) is 11.0. The Morgan fingerprint density at radius 1 is 1.09 bits per heavy atom. The van der Waals surface area contributed by atoms with Crippen LogP contribution in [0.5, 0.6) is 0 Å². The SMILES string of the molecule is CC(=O)c1ccc(C(=O)Nc2nnc(-c3ccc(Br)s3)o2)cc1. The van der Waals surface area contributed by atoms with E-state index >= 15 is 0 Å². The van der Waals surface area contributed by atoms with E-state index in [9.17, 15) is 9.59 Å². The zero-order valence-corrected chi connectivity index (χ0v) is 14.3. The van der Waals surface area contributed by atoms with Gasteiger partial charge in [0.2, 0.25) is 0 Å². The average Bonchev–Trinajstić information content (AvgIpc) is 3.16. The Labute approximate surface area is 143 Å². The number of nitrogens with one attached hydrogen (secondary N) is 1. The number of amides is 1. The summed E-state index contributed by atoms with van der Waals surface area (Å²) in [6.45, 7) is 1.47. The number of carbonyl (C=O) groups excluding carboxylic acids is 2. The minimum absolute atomic E-state index is 0.0187. The molecule has 0 spiro atoms. The zero-order chi connectivity index (χ0) is 16.4. The second-order valence-corrected chi connectivity index (χ2v) is 7.07. The lowest BCUT2D eigenvalue weighted by atomic mass is 10.1. The van der Waals surface area contributed by atoms with Crippen LogP contribution in [0.4, 0.5) is 6.01 Å². The monoisotopic (exact) mass is 391 g/mol. The van der Waals surface area contributed by atoms with Gasteiger partial charge in [-0.25, -0.2) is 0 Å². The fourth-order valence-corrected chi connectivity index (χ4v) is 3.14. The molecular weight excluding hydrogens is 382 g/mol. The Balaban J connectivity index is 1.73. The number of benzene rings is 1. The molecule has 0 atom stereocenters. The first kappa shape index (κ1) is 15.6. The molecule has 6 nitrogen and oxygen atoms in total. The van der Waals surface area contributed by atoms with Crippen LogP contribution in [0.15, 0.2) is 44.6 Å². The zero-order valence-electron chi connectivity index (χ0n) is 11.9. The van der Waals surface area contributed by atoms with E-state index in [2.05, 4.69) is 31.4 Å². The smallest absolute Gasteiger partial charge is 0.322 e. The van der Waals surface area contributed by atoms with E-state index < -0.39 is 0 Å². The van der Waals surface area contributed by atoms with E-state index in [4.69, 9.17) is 4.42 Å². The molecule has 1 N–H and O–H groups in total. The molecule has 8 heteroatoms. The molecule has 0 bridgehead atoms. The molecule has 0 aliphatic carbocycles. The van der Waals surface area contributed by atoms with Crippen LogP contribution >= 0.6 is 27.3 Å². The number of halogens is 1. The highest BCUT2D eigenvalue weighted by Crippen LogP contribution is 2.30. The molecule has 3 rings (SSSR count). The van der Waals surface area contributed by atoms with Crippen LogP contribution in [0.1, 0.15) is 27.6 Å². The highest BCUT2D eigenvalue weighted by atomic mass is 79.9. The summed E-state index contributed by atoms with van der Waals surface area (Å²) < 4.78 is 6.36. The molecule has 1 aromatic carbocycles. The van der Waals surface area contributed by atoms with Gasteiger partial charge in [0.05, 0.1) is 8.66 Å². The van der Waals surface area contributed by atoms with E-state index in [-0.39, 0.29) is 17.7 Å². The molecule has 0 fully saturated rings. The minimum Gasteiger partial charge on any atom is -0.402 e. The van der Waals surface area contributed by atoms with Gasteiger partial charge < -0.3 is 4.42 Å². The Morgan fingerprint density at radius 2 is 1.78 bits per heavy atom. The van der Waals surface area contributed by atoms with Crippen molar-refractivity contribution < 1.29 is 14.0 Å². The Bertz CT molecular complexity index is 870. The molecule has 3 aromatic rings. The van der Waals surface area contributed by atoms with Gasteiger partial charge in [0.15, 0.2) is 5.78 Å². The van der Waals surface area contributed by atoms with Crippen LogP contribution in [0.2, 0.25) is 0 Å². The fourth-order valence-electron chi connectivity index (χ4n) is 1.83. The third-order valence-electron chi connectivity index (χ3n) is 2.98. The number of nitrogens with zero attached hydrogens (tertiary/aromatic N) is 2. The molecule has 23 heavy (non-hydrogen) atoms. The Hall–Kier alpha value is -2.32. The third kappa shape index (κ3) is 3.54. The van der Waals surface area contributed by atoms with Crippen molar-refractivity contribution in [1.29, 1.82) is 0 Å². The van der Waals surface area contributed by atoms with Crippen LogP contribution in [0.3, 0.4) is 0 Å². The predicted octanol–water partition coefficient (Wildman–Crippen LogP) is 4.02. The van der Waals surface area contributed by atoms with Crippen molar-refractivity contribution >= 4 is 45.0 Å². The van der Waals surface area contributed by atoms with E-state index in [1.54, 1.807) is 24.3 Å². The summed E-state index contributed by atoms with van der Waals surface area (Å²) >= 11 is 4.81. The standard InChI is InChI=1S/C15H10BrN3O3S/c1-8(20)9-2-4-10(5-3-9)13(21)17-15-19-18-14(22-15)11-6-7-12(16)23-11/h2-7H,1H3,(H,17,19,21). The summed E-state index contributed by atoms with van der Waals surface area (Å²) in [7, 11) is 0. The molecule has 0 radical (unpaired) electrons. The summed E-state index contributed by atoms with van der Waals surface area (Å²) in [6.07, 6.45) is 0. The molecule has 116 valence electrons. The van der Waals surface area contributed by atoms with Crippen LogP contribution in [-0.2, 0) is 0 Å². The Kier molecular flexibility index (Phi) is 4.35. The maximum absolute atomic E-state index is 12.1. The number of rotatable bonds is 4. The fraction of sp³-hybridized carbons (Fsp3) is 0.0667. The summed E-state index contributed by atoms with van der Waals surface area (Å²) in [6, 6.07) is 10.1. The van der Waals surface area contributed by atoms with Crippen molar-refractivity contribution in [3.63, 3.8) is 0 Å². The van der Waals surface area contributed by atoms with Gasteiger partial charge in [-0.1, -0.05) is 17.2 Å². The van der Waals surface area contributed by atoms with Crippen molar-refractivity contribution in [3.05, 3.63) is 51.3 Å². The number of aromatic nitrogens is 2. The van der Waals surface area contributed by atoms with Gasteiger partial charge >= 0.3 is 6.01 Å². The number of hydrogen-bond acceptors (Lipinski definition) is 6. The lowest BCUT2D eigenvalue weighted by Crippen LogP contribution is -2.12. The number of carbonyl (C=O) groups is 2. The van der Waals surface area contributed by atoms with Crippen molar-refractivity contribution in [3.8, 4) is 10.8 Å². The van der Waals surface area contributed by atoms with E-state index in [0.717, 1.165) is 8.66 Å². The molecule has 0 saturated carbocycles. The maximum atomic E-state index is 12.1. The van der Waals surface area contributed by atoms with Gasteiger partial charge in [-0.3, -0.25) is 14.9 Å². The van der Waals surface area contributed by atoms with Gasteiger partial charge in [0.1, 0.15) is 0 Å². The van der Waals surface area contributed by atoms with Gasteiger partial charge in [0.25, 0.3) is 11.8 Å². The van der Waals surface area contributed by atoms with E-state index in [1.165, 1.54) is 18.3 Å². The maximum Gasteiger partial charge on any atom is 0.322 e. The number of thiophene rings is 1. The summed E-state index contributed by atoms with van der Waals surface area (Å²) in [5.74, 6) is -0.105. The van der Waals surface area contributed by atoms with Crippen molar-refractivity contribution in [2.24, 2.45) is 0 Å². The normalized spacial score (nSPS) is 10.5. The van der Waals surface area contributed by atoms with Gasteiger partial charge in [0, 0.05) is 11.1 Å². The van der Waals surface area contributed by atoms with Gasteiger partial charge in [-0.2, -0.15) is 0 Å². The molecule has 0 aliphatic rings. The topological polar surface area (TPSA) is 85.1 Å². The van der Waals surface area contributed by atoms with E-state index in [0.29, 0.717) is 17.0 Å². The molecule has 1 amide bonds. The summed E-state index contributed by atoms with van der Waals surface area (Å²) in [5, 5.41) is 10.2. The Morgan fingerprint density at radius 3 is 2.39 bits per heavy atom. The van der Waals surface area contributed by atoms with Crippen molar-refractivity contribution in [2.45, 2.75) is 6.92 Å². The highest BCUT2D eigenvalue weighted by Gasteiger charge is 2.14. The third-order valence-corrected chi connectivity index (χ3v) is 4.59. The predicted molar refractivity (Wildman–Crippen MR) is 89.7 cm³/mol. The number of Topliss-reactive ketones (excluding diaryl/α,β-unsaturated/α-hetero) is 1. The lowest BCUT2D eigenvalue weighted by molar-refractivity contribution is 0.100. The first-order valence-electron chi connectivity index (χ1n) is 6.54. The summed E-state index contributed by atoms with van der Waals surface area (Å²) in [5.41, 5.74) is 0.943. The highest BCUT2D eigenvalue weighted by molar-refractivity contribution is 9.11. The van der Waals surface area contributed by atoms with Crippen molar-refractivity contribution in [1.82, 2.24) is 10.2 Å². The molecule has 0 aliphatic heterocycles. The van der Waals surface area contributed by atoms with Crippen LogP contribution in [0.25, 0.3) is 10.8 Å². The van der Waals surface area contributed by atoms with E-state index in [1.807, 2.05) is 12.1 Å². The number of anilines is 1. The van der Waals surface area contributed by atoms with Gasteiger partial charge in [-0.15, -0.1) is 16.4 Å². The number of hydrogen-bond donors (Lipinski definition) is 1. The second kappa shape index (κ2) is 6.43. The number of ketones is 1.